The van der Waals surface area contributed by atoms with Gasteiger partial charge in [-0.25, -0.2) is 0 Å². The van der Waals surface area contributed by atoms with Crippen LogP contribution in [0.5, 0.6) is 5.75 Å². The van der Waals surface area contributed by atoms with Gasteiger partial charge in [-0.3, -0.25) is 0 Å². The van der Waals surface area contributed by atoms with Crippen molar-refractivity contribution in [3.63, 3.8) is 0 Å². The van der Waals surface area contributed by atoms with Crippen molar-refractivity contribution in [2.75, 3.05) is 27.1 Å². The number of ether oxygens (including phenoxy) is 1. The fraction of sp³-hybridized carbons (Fsp3) is 0.280. The second-order valence-electron chi connectivity index (χ2n) is 8.16. The molecule has 0 atom stereocenters. The van der Waals surface area contributed by atoms with Gasteiger partial charge in [0.15, 0.2) is 0 Å². The topological polar surface area (TPSA) is 9.23 Å². The van der Waals surface area contributed by atoms with Crippen LogP contribution in [0.15, 0.2) is 71.6 Å². The first-order valence-corrected chi connectivity index (χ1v) is 10.8. The maximum absolute atomic E-state index is 5.82. The molecule has 0 unspecified atom stereocenters. The first kappa shape index (κ1) is 21.9. The molecule has 3 aromatic rings. The summed E-state index contributed by atoms with van der Waals surface area (Å²) in [5.74, 6) is 2.03. The van der Waals surface area contributed by atoms with Gasteiger partial charge in [-0.05, 0) is 59.4 Å². The molecule has 0 fully saturated rings. The number of methoxy groups -OCH3 is 1. The van der Waals surface area contributed by atoms with Crippen molar-refractivity contribution in [1.29, 1.82) is 0 Å². The van der Waals surface area contributed by atoms with Crippen LogP contribution in [0.2, 0.25) is 0 Å². The van der Waals surface area contributed by atoms with E-state index in [9.17, 15) is 0 Å². The van der Waals surface area contributed by atoms with Crippen molar-refractivity contribution in [1.82, 2.24) is 0 Å². The number of benzene rings is 3. The van der Waals surface area contributed by atoms with E-state index in [1.54, 1.807) is 7.11 Å². The largest absolute Gasteiger partial charge is 1.00 e. The summed E-state index contributed by atoms with van der Waals surface area (Å²) in [7, 11) is 6.38. The molecule has 0 amide bonds. The average molecular weight is 470 g/mol. The van der Waals surface area contributed by atoms with Gasteiger partial charge >= 0.3 is 0 Å². The van der Waals surface area contributed by atoms with Gasteiger partial charge in [0.1, 0.15) is 18.2 Å². The lowest BCUT2D eigenvalue weighted by atomic mass is 9.84. The number of halogens is 1. The van der Waals surface area contributed by atoms with Gasteiger partial charge in [0, 0.05) is 10.5 Å². The summed E-state index contributed by atoms with van der Waals surface area (Å²) < 4.78 is 6.73. The van der Waals surface area contributed by atoms with Gasteiger partial charge in [0.25, 0.3) is 0 Å². The highest BCUT2D eigenvalue weighted by atomic mass is 79.9. The molecule has 0 aromatic heterocycles. The van der Waals surface area contributed by atoms with Gasteiger partial charge in [0.2, 0.25) is 0 Å². The summed E-state index contributed by atoms with van der Waals surface area (Å²) in [6, 6.07) is 24.0. The summed E-state index contributed by atoms with van der Waals surface area (Å²) in [6.07, 6.45) is 2.23. The summed E-state index contributed by atoms with van der Waals surface area (Å²) in [5, 5.41) is 0. The fourth-order valence-corrected chi connectivity index (χ4v) is 4.93. The third kappa shape index (κ3) is 5.06. The van der Waals surface area contributed by atoms with E-state index in [0.717, 1.165) is 35.5 Å². The molecule has 0 aliphatic heterocycles. The highest BCUT2D eigenvalue weighted by Gasteiger charge is 2.23. The van der Waals surface area contributed by atoms with Crippen LogP contribution in [0.3, 0.4) is 0 Å². The summed E-state index contributed by atoms with van der Waals surface area (Å²) in [6.45, 7) is 0.956. The number of fused-ring (bicyclic) bond motifs is 3. The van der Waals surface area contributed by atoms with E-state index in [2.05, 4.69) is 80.8 Å². The lowest BCUT2D eigenvalue weighted by molar-refractivity contribution is -0.891. The second-order valence-corrected chi connectivity index (χ2v) is 9.18. The normalized spacial score (nSPS) is 12.5. The maximum Gasteiger partial charge on any atom is 0.130 e. The van der Waals surface area contributed by atoms with Crippen molar-refractivity contribution in [3.8, 4) is 16.9 Å². The minimum absolute atomic E-state index is 0. The first-order valence-electron chi connectivity index (χ1n) is 9.84. The number of nitrogens with zero attached hydrogens (tertiary/aromatic N) is 1. The fourth-order valence-electron chi connectivity index (χ4n) is 3.99. The molecule has 4 heteroatoms. The van der Waals surface area contributed by atoms with Crippen LogP contribution >= 0.6 is 11.8 Å². The molecule has 0 saturated carbocycles. The van der Waals surface area contributed by atoms with E-state index in [0.29, 0.717) is 0 Å². The Morgan fingerprint density at radius 2 is 1.55 bits per heavy atom. The van der Waals surface area contributed by atoms with Crippen LogP contribution in [0.25, 0.3) is 11.1 Å². The molecule has 152 valence electrons. The Bertz CT molecular complexity index is 972. The molecule has 0 bridgehead atoms. The number of hydrogen-bond acceptors (Lipinski definition) is 2. The molecule has 29 heavy (non-hydrogen) atoms. The van der Waals surface area contributed by atoms with Gasteiger partial charge in [-0.15, -0.1) is 0 Å². The van der Waals surface area contributed by atoms with Crippen LogP contribution in [0.4, 0.5) is 0 Å². The summed E-state index contributed by atoms with van der Waals surface area (Å²) >= 11 is 1.91. The molecular formula is C25H28BrNOS. The van der Waals surface area contributed by atoms with E-state index in [1.807, 2.05) is 11.8 Å². The van der Waals surface area contributed by atoms with Gasteiger partial charge < -0.3 is 26.2 Å². The third-order valence-electron chi connectivity index (χ3n) is 5.40. The smallest absolute Gasteiger partial charge is 0.130 e. The number of quaternary nitrogens is 1. The molecule has 0 saturated heterocycles. The molecule has 0 radical (unpaired) electrons. The van der Waals surface area contributed by atoms with E-state index in [4.69, 9.17) is 4.74 Å². The minimum atomic E-state index is 0. The van der Waals surface area contributed by atoms with E-state index in [-0.39, 0.29) is 17.0 Å². The standard InChI is InChI=1S/C25H28NOS.BrH/c1-26(2,18-28-22-10-5-4-6-11-22)17-21-15-20-14-13-19-9-7-8-12-23(19)24(20)16-25(21)27-3;/h4-12,15-16H,13-14,17-18H2,1-3H3;1H/q+1;/p-1. The highest BCUT2D eigenvalue weighted by molar-refractivity contribution is 7.99. The van der Waals surface area contributed by atoms with Crippen LogP contribution < -0.4 is 21.7 Å². The average Bonchev–Trinajstić information content (AvgIpc) is 2.72. The molecular weight excluding hydrogens is 442 g/mol. The van der Waals surface area contributed by atoms with Crippen molar-refractivity contribution in [3.05, 3.63) is 83.4 Å². The van der Waals surface area contributed by atoms with Gasteiger partial charge in [0.05, 0.1) is 21.2 Å². The molecule has 1 aliphatic carbocycles. The Labute approximate surface area is 189 Å². The zero-order valence-electron chi connectivity index (χ0n) is 17.3. The van der Waals surface area contributed by atoms with Crippen molar-refractivity contribution >= 4 is 11.8 Å². The monoisotopic (exact) mass is 469 g/mol. The van der Waals surface area contributed by atoms with Crippen LogP contribution in [-0.4, -0.2) is 31.6 Å². The Morgan fingerprint density at radius 3 is 2.31 bits per heavy atom. The molecule has 0 N–H and O–H groups in total. The lowest BCUT2D eigenvalue weighted by Gasteiger charge is -2.31. The lowest BCUT2D eigenvalue weighted by Crippen LogP contribution is -3.00. The Kier molecular flexibility index (Phi) is 7.10. The first-order chi connectivity index (χ1) is 13.6. The SMILES string of the molecule is COc1cc2c(cc1C[N+](C)(C)CSc1ccccc1)CCc1ccccc1-2.[Br-]. The quantitative estimate of drug-likeness (QED) is 0.311. The second kappa shape index (κ2) is 9.38. The predicted molar refractivity (Wildman–Crippen MR) is 119 cm³/mol. The van der Waals surface area contributed by atoms with Crippen LogP contribution in [-0.2, 0) is 19.4 Å². The molecule has 3 aromatic carbocycles. The zero-order valence-corrected chi connectivity index (χ0v) is 19.7. The number of hydrogen-bond donors (Lipinski definition) is 0. The van der Waals surface area contributed by atoms with Crippen molar-refractivity contribution < 1.29 is 26.2 Å². The Hall–Kier alpha value is -1.75. The molecule has 0 heterocycles. The maximum atomic E-state index is 5.82. The van der Waals surface area contributed by atoms with Gasteiger partial charge in [-0.1, -0.05) is 54.2 Å². The Balaban J connectivity index is 0.00000240. The molecule has 4 rings (SSSR count). The predicted octanol–water partition coefficient (Wildman–Crippen LogP) is 2.79. The van der Waals surface area contributed by atoms with Crippen LogP contribution in [0.1, 0.15) is 16.7 Å². The summed E-state index contributed by atoms with van der Waals surface area (Å²) in [4.78, 5) is 1.32. The minimum Gasteiger partial charge on any atom is -1.00 e. The van der Waals surface area contributed by atoms with Crippen molar-refractivity contribution in [2.24, 2.45) is 0 Å². The van der Waals surface area contributed by atoms with Crippen LogP contribution in [0, 0.1) is 0 Å². The van der Waals surface area contributed by atoms with E-state index in [1.165, 1.54) is 32.7 Å². The number of aryl methyl sites for hydroxylation is 2. The Morgan fingerprint density at radius 1 is 0.862 bits per heavy atom. The third-order valence-corrected chi connectivity index (χ3v) is 6.83. The molecule has 2 nitrogen and oxygen atoms in total. The van der Waals surface area contributed by atoms with E-state index >= 15 is 0 Å². The highest BCUT2D eigenvalue weighted by Crippen LogP contribution is 2.38. The van der Waals surface area contributed by atoms with E-state index < -0.39 is 0 Å². The van der Waals surface area contributed by atoms with Gasteiger partial charge in [-0.2, -0.15) is 0 Å². The van der Waals surface area contributed by atoms with Crippen molar-refractivity contribution in [2.45, 2.75) is 24.3 Å². The summed E-state index contributed by atoms with van der Waals surface area (Å²) in [5.41, 5.74) is 6.90. The number of thioether (sulfide) groups is 1. The zero-order chi connectivity index (χ0) is 19.6. The number of rotatable bonds is 6. The molecule has 1 aliphatic rings. The molecule has 0 spiro atoms.